The number of carboxylic acid groups (broad SMARTS) is 1. The Morgan fingerprint density at radius 2 is 1.89 bits per heavy atom. The second kappa shape index (κ2) is 9.01. The van der Waals surface area contributed by atoms with Gasteiger partial charge in [-0.15, -0.1) is 0 Å². The number of benzene rings is 1. The molecule has 150 valence electrons. The van der Waals surface area contributed by atoms with Gasteiger partial charge >= 0.3 is 5.97 Å². The maximum Gasteiger partial charge on any atom is 0.305 e. The summed E-state index contributed by atoms with van der Waals surface area (Å²) in [7, 11) is 0. The molecule has 7 heteroatoms. The van der Waals surface area contributed by atoms with Gasteiger partial charge in [0.05, 0.1) is 24.2 Å². The lowest BCUT2D eigenvalue weighted by Crippen LogP contribution is -2.45. The van der Waals surface area contributed by atoms with Crippen LogP contribution in [0.2, 0.25) is 0 Å². The highest BCUT2D eigenvalue weighted by atomic mass is 16.5. The summed E-state index contributed by atoms with van der Waals surface area (Å²) in [4.78, 5) is 25.9. The number of nitrogens with zero attached hydrogens (tertiary/aromatic N) is 3. The number of ether oxygens (including phenoxy) is 1. The Balaban J connectivity index is 1.81. The van der Waals surface area contributed by atoms with Gasteiger partial charge in [0.25, 0.3) is 0 Å². The van der Waals surface area contributed by atoms with Crippen LogP contribution in [0.4, 0.5) is 0 Å². The highest BCUT2D eigenvalue weighted by Gasteiger charge is 2.27. The Kier molecular flexibility index (Phi) is 6.46. The molecule has 1 aromatic heterocycles. The van der Waals surface area contributed by atoms with Crippen LogP contribution in [0.3, 0.4) is 0 Å². The number of aliphatic carboxylic acids is 1. The van der Waals surface area contributed by atoms with E-state index in [-0.39, 0.29) is 31.3 Å². The number of aromatic nitrogens is 2. The fraction of sp³-hybridized carbons (Fsp3) is 0.476. The minimum atomic E-state index is -0.894. The molecule has 2 aromatic rings. The molecule has 3 rings (SSSR count). The summed E-state index contributed by atoms with van der Waals surface area (Å²) in [6, 6.07) is 9.85. The van der Waals surface area contributed by atoms with E-state index < -0.39 is 5.97 Å². The largest absolute Gasteiger partial charge is 0.481 e. The first-order chi connectivity index (χ1) is 13.5. The lowest BCUT2D eigenvalue weighted by atomic mass is 10.0. The molecule has 1 aliphatic heterocycles. The summed E-state index contributed by atoms with van der Waals surface area (Å²) < 4.78 is 7.25. The van der Waals surface area contributed by atoms with Crippen molar-refractivity contribution in [1.29, 1.82) is 0 Å². The van der Waals surface area contributed by atoms with Gasteiger partial charge in [-0.3, -0.25) is 9.59 Å². The molecule has 0 aliphatic carbocycles. The summed E-state index contributed by atoms with van der Waals surface area (Å²) in [6.07, 6.45) is 1.66. The van der Waals surface area contributed by atoms with Gasteiger partial charge in [0.15, 0.2) is 0 Å². The predicted octanol–water partition coefficient (Wildman–Crippen LogP) is 2.51. The summed E-state index contributed by atoms with van der Waals surface area (Å²) in [6.45, 7) is 5.30. The van der Waals surface area contributed by atoms with Gasteiger partial charge in [-0.2, -0.15) is 5.10 Å². The van der Waals surface area contributed by atoms with E-state index in [9.17, 15) is 9.59 Å². The predicted molar refractivity (Wildman–Crippen MR) is 105 cm³/mol. The monoisotopic (exact) mass is 385 g/mol. The number of amides is 1. The molecule has 7 nitrogen and oxygen atoms in total. The average molecular weight is 385 g/mol. The molecule has 1 N–H and O–H groups in total. The normalized spacial score (nSPS) is 14.8. The third-order valence-electron chi connectivity index (χ3n) is 5.29. The lowest BCUT2D eigenvalue weighted by molar-refractivity contribution is -0.140. The summed E-state index contributed by atoms with van der Waals surface area (Å²) in [5.41, 5.74) is 3.61. The summed E-state index contributed by atoms with van der Waals surface area (Å²) in [5.74, 6) is -0.943. The van der Waals surface area contributed by atoms with Gasteiger partial charge in [-0.05, 0) is 38.8 Å². The molecule has 0 bridgehead atoms. The fourth-order valence-electron chi connectivity index (χ4n) is 3.73. The zero-order valence-electron chi connectivity index (χ0n) is 16.4. The number of carboxylic acids is 1. The minimum Gasteiger partial charge on any atom is -0.481 e. The summed E-state index contributed by atoms with van der Waals surface area (Å²) >= 11 is 0. The van der Waals surface area contributed by atoms with E-state index in [4.69, 9.17) is 9.84 Å². The molecule has 1 aliphatic rings. The number of para-hydroxylation sites is 1. The maximum atomic E-state index is 13.1. The topological polar surface area (TPSA) is 84.7 Å². The molecule has 28 heavy (non-hydrogen) atoms. The number of carbonyl (C=O) groups is 2. The lowest BCUT2D eigenvalue weighted by Gasteiger charge is -2.34. The van der Waals surface area contributed by atoms with Crippen LogP contribution in [-0.4, -0.2) is 57.5 Å². The van der Waals surface area contributed by atoms with Gasteiger partial charge in [0, 0.05) is 37.1 Å². The first-order valence-corrected chi connectivity index (χ1v) is 9.67. The molecular weight excluding hydrogens is 358 g/mol. The van der Waals surface area contributed by atoms with Gasteiger partial charge in [-0.1, -0.05) is 18.2 Å². The van der Waals surface area contributed by atoms with Gasteiger partial charge in [0.1, 0.15) is 0 Å². The molecule has 1 saturated heterocycles. The van der Waals surface area contributed by atoms with E-state index in [1.807, 2.05) is 48.9 Å². The van der Waals surface area contributed by atoms with E-state index >= 15 is 0 Å². The van der Waals surface area contributed by atoms with Crippen LogP contribution in [0.15, 0.2) is 30.3 Å². The zero-order valence-corrected chi connectivity index (χ0v) is 16.4. The second-order valence-corrected chi connectivity index (χ2v) is 7.15. The second-order valence-electron chi connectivity index (χ2n) is 7.15. The van der Waals surface area contributed by atoms with E-state index in [1.165, 1.54) is 0 Å². The van der Waals surface area contributed by atoms with Crippen molar-refractivity contribution in [2.24, 2.45) is 0 Å². The molecule has 0 radical (unpaired) electrons. The van der Waals surface area contributed by atoms with Crippen LogP contribution >= 0.6 is 0 Å². The Hall–Kier alpha value is -2.67. The molecule has 1 fully saturated rings. The molecule has 1 aromatic carbocycles. The van der Waals surface area contributed by atoms with Crippen LogP contribution in [0.1, 0.15) is 36.2 Å². The van der Waals surface area contributed by atoms with Crippen LogP contribution in [-0.2, 0) is 20.7 Å². The van der Waals surface area contributed by atoms with Crippen molar-refractivity contribution in [3.8, 4) is 5.69 Å². The Morgan fingerprint density at radius 3 is 2.54 bits per heavy atom. The zero-order chi connectivity index (χ0) is 20.1. The molecule has 2 heterocycles. The van der Waals surface area contributed by atoms with E-state index in [2.05, 4.69) is 5.10 Å². The standard InChI is InChI=1S/C21H27N3O4/c1-15-19(16(2)24(22-15)18-6-4-3-5-7-18)14-20(25)23(11-8-21(26)27)17-9-12-28-13-10-17/h3-7,17H,8-14H2,1-2H3,(H,26,27). The summed E-state index contributed by atoms with van der Waals surface area (Å²) in [5, 5.41) is 13.7. The molecule has 1 amide bonds. The molecule has 0 spiro atoms. The Morgan fingerprint density at radius 1 is 1.21 bits per heavy atom. The number of rotatable bonds is 7. The quantitative estimate of drug-likeness (QED) is 0.792. The van der Waals surface area contributed by atoms with Crippen LogP contribution < -0.4 is 0 Å². The third-order valence-corrected chi connectivity index (χ3v) is 5.29. The Bertz CT molecular complexity index is 826. The van der Waals surface area contributed by atoms with Crippen molar-refractivity contribution in [2.45, 2.75) is 45.6 Å². The minimum absolute atomic E-state index is 0.0328. The number of carbonyl (C=O) groups excluding carboxylic acids is 1. The molecule has 0 unspecified atom stereocenters. The van der Waals surface area contributed by atoms with Crippen LogP contribution in [0, 0.1) is 13.8 Å². The smallest absolute Gasteiger partial charge is 0.305 e. The van der Waals surface area contributed by atoms with Gasteiger partial charge in [-0.25, -0.2) is 4.68 Å². The maximum absolute atomic E-state index is 13.1. The first kappa shape index (κ1) is 20.1. The third kappa shape index (κ3) is 4.59. The number of aryl methyl sites for hydroxylation is 1. The fourth-order valence-corrected chi connectivity index (χ4v) is 3.73. The Labute approximate surface area is 164 Å². The van der Waals surface area contributed by atoms with Crippen molar-refractivity contribution in [2.75, 3.05) is 19.8 Å². The van der Waals surface area contributed by atoms with E-state index in [0.29, 0.717) is 13.2 Å². The van der Waals surface area contributed by atoms with E-state index in [1.54, 1.807) is 4.90 Å². The molecule has 0 saturated carbocycles. The van der Waals surface area contributed by atoms with Gasteiger partial charge < -0.3 is 14.7 Å². The highest BCUT2D eigenvalue weighted by molar-refractivity contribution is 5.80. The van der Waals surface area contributed by atoms with Crippen molar-refractivity contribution in [3.63, 3.8) is 0 Å². The van der Waals surface area contributed by atoms with Crippen LogP contribution in [0.25, 0.3) is 5.69 Å². The number of hydrogen-bond donors (Lipinski definition) is 1. The van der Waals surface area contributed by atoms with Gasteiger partial charge in [0.2, 0.25) is 5.91 Å². The average Bonchev–Trinajstić information content (AvgIpc) is 2.97. The SMILES string of the molecule is Cc1nn(-c2ccccc2)c(C)c1CC(=O)N(CCC(=O)O)C1CCOCC1. The molecular formula is C21H27N3O4. The van der Waals surface area contributed by atoms with Crippen molar-refractivity contribution >= 4 is 11.9 Å². The van der Waals surface area contributed by atoms with Crippen molar-refractivity contribution in [3.05, 3.63) is 47.3 Å². The first-order valence-electron chi connectivity index (χ1n) is 9.67. The van der Waals surface area contributed by atoms with Crippen molar-refractivity contribution in [1.82, 2.24) is 14.7 Å². The number of hydrogen-bond acceptors (Lipinski definition) is 4. The van der Waals surface area contributed by atoms with Crippen LogP contribution in [0.5, 0.6) is 0 Å². The molecule has 0 atom stereocenters. The van der Waals surface area contributed by atoms with Crippen molar-refractivity contribution < 1.29 is 19.4 Å². The van der Waals surface area contributed by atoms with E-state index in [0.717, 1.165) is 35.5 Å². The highest BCUT2D eigenvalue weighted by Crippen LogP contribution is 2.21.